The Bertz CT molecular complexity index is 2100. The molecule has 1 aliphatic carbocycles. The number of nitrogens with one attached hydrogen (secondary N) is 4. The van der Waals surface area contributed by atoms with Crippen LogP contribution in [-0.4, -0.2) is 127 Å². The number of aromatic nitrogens is 3. The average Bonchev–Trinajstić information content (AvgIpc) is 3.87. The number of aliphatic imine (C=N–C) groups is 1. The van der Waals surface area contributed by atoms with E-state index in [1.807, 2.05) is 13.8 Å². The van der Waals surface area contributed by atoms with Crippen molar-refractivity contribution in [2.75, 3.05) is 12.3 Å². The van der Waals surface area contributed by atoms with Gasteiger partial charge in [-0.3, -0.25) is 19.8 Å². The lowest BCUT2D eigenvalue weighted by Crippen LogP contribution is -2.56. The van der Waals surface area contributed by atoms with E-state index in [1.54, 1.807) is 82.4 Å². The van der Waals surface area contributed by atoms with Gasteiger partial charge in [0.1, 0.15) is 47.5 Å². The largest absolute Gasteiger partial charge is 0.463 e. The number of nitrogen functional groups attached to an aromatic ring is 1. The lowest BCUT2D eigenvalue weighted by molar-refractivity contribution is -0.173. The number of fused-ring (bicyclic) bond motifs is 2. The molecule has 7 N–H and O–H groups in total. The highest BCUT2D eigenvalue weighted by Crippen LogP contribution is 2.49. The fraction of sp³-hybridized carbons (Fsp3) is 0.727. The summed E-state index contributed by atoms with van der Waals surface area (Å²) in [4.78, 5) is 84.9. The first-order valence-corrected chi connectivity index (χ1v) is 22.2. The van der Waals surface area contributed by atoms with E-state index in [0.717, 1.165) is 0 Å². The van der Waals surface area contributed by atoms with Crippen molar-refractivity contribution in [3.05, 3.63) is 18.1 Å². The summed E-state index contributed by atoms with van der Waals surface area (Å²) in [5.74, 6) is -4.75. The van der Waals surface area contributed by atoms with E-state index in [0.29, 0.717) is 29.4 Å². The number of guanidine groups is 1. The summed E-state index contributed by atoms with van der Waals surface area (Å²) in [5, 5.41) is 20.8. The molecule has 2 aliphatic heterocycles. The highest BCUT2D eigenvalue weighted by molar-refractivity contribution is 5.99. The second-order valence-corrected chi connectivity index (χ2v) is 20.4. The summed E-state index contributed by atoms with van der Waals surface area (Å²) in [7, 11) is 0. The molecule has 21 nitrogen and oxygen atoms in total. The topological polar surface area (TPSA) is 280 Å². The molecule has 0 bridgehead atoms. The molecule has 4 heterocycles. The Balaban J connectivity index is 1.52. The summed E-state index contributed by atoms with van der Waals surface area (Å²) >= 11 is 0. The standard InChI is InChI=1S/C44H69N9O12/c1-15-22(16-2)28(49-21(3)54)27-25(50-37(51-38(57)63-41(4,5)6)52-39(58)64-42(7,8)9)17-23(32(27)55)36(56)60-19-26-33-34(62-44(13,14)61-33)31(53(26)40(59)65-43(10,11)12)24-18-46-30-29(24)47-20-48-35(30)45/h18,20,22-23,25-28,31-34,46,55H,15-17,19H2,1-14H3,(H,49,54)(H2,45,47,48)(H2,50,51,52,57,58)/t23-,25+,26?,27+,28-,31?,32+,33?,34?/m0/s1. The molecule has 0 radical (unpaired) electrons. The van der Waals surface area contributed by atoms with Crippen LogP contribution in [0.3, 0.4) is 0 Å². The van der Waals surface area contributed by atoms with Crippen LogP contribution in [0.4, 0.5) is 20.2 Å². The van der Waals surface area contributed by atoms with Gasteiger partial charge in [0, 0.05) is 36.7 Å². The molecule has 4 unspecified atom stereocenters. The summed E-state index contributed by atoms with van der Waals surface area (Å²) in [5.41, 5.74) is 4.84. The van der Waals surface area contributed by atoms with Gasteiger partial charge in [-0.25, -0.2) is 24.4 Å². The van der Waals surface area contributed by atoms with Crippen molar-refractivity contribution < 1.29 is 57.5 Å². The number of aliphatic hydroxyl groups excluding tert-OH is 1. The number of rotatable bonds is 10. The van der Waals surface area contributed by atoms with E-state index in [2.05, 4.69) is 35.9 Å². The molecule has 5 rings (SSSR count). The van der Waals surface area contributed by atoms with Crippen molar-refractivity contribution in [3.8, 4) is 0 Å². The molecule has 3 fully saturated rings. The third-order valence-corrected chi connectivity index (χ3v) is 11.3. The monoisotopic (exact) mass is 916 g/mol. The predicted octanol–water partition coefficient (Wildman–Crippen LogP) is 4.98. The molecule has 9 atom stereocenters. The summed E-state index contributed by atoms with van der Waals surface area (Å²) in [6.45, 7) is 23.5. The molecule has 0 spiro atoms. The molecule has 0 aromatic carbocycles. The number of anilines is 1. The Kier molecular flexibility index (Phi) is 15.0. The maximum atomic E-state index is 14.5. The lowest BCUT2D eigenvalue weighted by atomic mass is 9.80. The first-order chi connectivity index (χ1) is 30.0. The first kappa shape index (κ1) is 50.7. The van der Waals surface area contributed by atoms with Crippen LogP contribution in [-0.2, 0) is 38.0 Å². The van der Waals surface area contributed by atoms with Gasteiger partial charge in [0.05, 0.1) is 29.6 Å². The van der Waals surface area contributed by atoms with Gasteiger partial charge < -0.3 is 54.9 Å². The Morgan fingerprint density at radius 2 is 1.58 bits per heavy atom. The molecule has 2 saturated heterocycles. The minimum atomic E-state index is -1.44. The van der Waals surface area contributed by atoms with Crippen molar-refractivity contribution in [3.63, 3.8) is 0 Å². The third kappa shape index (κ3) is 12.3. The fourth-order valence-electron chi connectivity index (χ4n) is 8.96. The smallest absolute Gasteiger partial charge is 0.437 e. The highest BCUT2D eigenvalue weighted by Gasteiger charge is 2.62. The van der Waals surface area contributed by atoms with Gasteiger partial charge in [0.2, 0.25) is 11.9 Å². The van der Waals surface area contributed by atoms with Gasteiger partial charge in [-0.15, -0.1) is 4.99 Å². The zero-order chi connectivity index (χ0) is 48.6. The van der Waals surface area contributed by atoms with Crippen LogP contribution in [0.15, 0.2) is 17.5 Å². The van der Waals surface area contributed by atoms with Gasteiger partial charge in [0.15, 0.2) is 11.6 Å². The van der Waals surface area contributed by atoms with Crippen LogP contribution in [0, 0.1) is 17.8 Å². The number of hydrogen-bond acceptors (Lipinski definition) is 15. The molecular weight excluding hydrogens is 847 g/mol. The second kappa shape index (κ2) is 19.3. The van der Waals surface area contributed by atoms with E-state index in [1.165, 1.54) is 18.2 Å². The normalized spacial score (nSPS) is 26.1. The number of hydrogen-bond donors (Lipinski definition) is 6. The Morgan fingerprint density at radius 1 is 0.969 bits per heavy atom. The zero-order valence-corrected chi connectivity index (χ0v) is 40.1. The first-order valence-electron chi connectivity index (χ1n) is 22.2. The molecule has 2 aromatic rings. The van der Waals surface area contributed by atoms with Gasteiger partial charge >= 0.3 is 24.2 Å². The Hall–Kier alpha value is -5.28. The maximum absolute atomic E-state index is 14.5. The van der Waals surface area contributed by atoms with Crippen molar-refractivity contribution >= 4 is 53.0 Å². The quantitative estimate of drug-likeness (QED) is 0.0794. The number of amides is 4. The van der Waals surface area contributed by atoms with Crippen molar-refractivity contribution in [1.29, 1.82) is 0 Å². The van der Waals surface area contributed by atoms with Crippen LogP contribution in [0.5, 0.6) is 0 Å². The number of carbonyl (C=O) groups excluding carboxylic acids is 5. The van der Waals surface area contributed by atoms with Crippen LogP contribution in [0.1, 0.15) is 128 Å². The van der Waals surface area contributed by atoms with E-state index in [-0.39, 0.29) is 30.0 Å². The Morgan fingerprint density at radius 3 is 2.17 bits per heavy atom. The van der Waals surface area contributed by atoms with Crippen LogP contribution < -0.4 is 21.7 Å². The number of alkyl carbamates (subject to hydrolysis) is 1. The van der Waals surface area contributed by atoms with Crippen LogP contribution in [0.25, 0.3) is 11.0 Å². The number of aromatic amines is 1. The minimum absolute atomic E-state index is 0.109. The van der Waals surface area contributed by atoms with E-state index in [9.17, 15) is 29.1 Å². The molecule has 3 aliphatic rings. The number of aliphatic hydroxyl groups is 1. The molecule has 4 amide bonds. The molecule has 1 saturated carbocycles. The maximum Gasteiger partial charge on any atom is 0.437 e. The molecule has 21 heteroatoms. The van der Waals surface area contributed by atoms with Gasteiger partial charge in [-0.05, 0) is 88.5 Å². The van der Waals surface area contributed by atoms with E-state index >= 15 is 0 Å². The molecule has 2 aromatic heterocycles. The number of nitrogens with two attached hydrogens (primary N) is 1. The molecule has 362 valence electrons. The fourth-order valence-corrected chi connectivity index (χ4v) is 8.96. The SMILES string of the molecule is CCC(CC)[C@H](NC(C)=O)[C@@H]1[C@H](O)[C@@H](C(=O)OCC2C3OC(C)(C)OC3C(c3c[nH]c4c(N)ncnc34)N2C(=O)OC(C)(C)C)C[C@H]1N/C(=N\C(=O)OC(C)(C)C)NC(=O)OC(C)(C)C. The highest BCUT2D eigenvalue weighted by atomic mass is 16.8. The summed E-state index contributed by atoms with van der Waals surface area (Å²) < 4.78 is 35.8. The summed E-state index contributed by atoms with van der Waals surface area (Å²) in [6.07, 6.45) is -1.69. The number of likely N-dealkylation sites (tertiary alicyclic amines) is 1. The van der Waals surface area contributed by atoms with E-state index in [4.69, 9.17) is 34.2 Å². The van der Waals surface area contributed by atoms with Gasteiger partial charge in [0.25, 0.3) is 0 Å². The number of esters is 1. The number of ether oxygens (including phenoxy) is 6. The number of H-pyrrole nitrogens is 1. The number of carbonyl (C=O) groups is 5. The van der Waals surface area contributed by atoms with Crippen LogP contribution >= 0.6 is 0 Å². The van der Waals surface area contributed by atoms with Crippen LogP contribution in [0.2, 0.25) is 0 Å². The van der Waals surface area contributed by atoms with Crippen molar-refractivity contribution in [1.82, 2.24) is 35.8 Å². The zero-order valence-electron chi connectivity index (χ0n) is 40.1. The predicted molar refractivity (Wildman–Crippen MR) is 237 cm³/mol. The third-order valence-electron chi connectivity index (χ3n) is 11.3. The van der Waals surface area contributed by atoms with Gasteiger partial charge in [-0.2, -0.15) is 0 Å². The Labute approximate surface area is 380 Å². The molecular formula is C44H69N9O12. The van der Waals surface area contributed by atoms with Gasteiger partial charge in [-0.1, -0.05) is 26.7 Å². The molecule has 65 heavy (non-hydrogen) atoms. The van der Waals surface area contributed by atoms with Crippen molar-refractivity contribution in [2.45, 2.75) is 181 Å². The number of nitrogens with zero attached hydrogens (tertiary/aromatic N) is 4. The van der Waals surface area contributed by atoms with E-state index < -0.39 is 108 Å². The average molecular weight is 916 g/mol. The second-order valence-electron chi connectivity index (χ2n) is 20.4. The lowest BCUT2D eigenvalue weighted by Gasteiger charge is -2.37. The van der Waals surface area contributed by atoms with Crippen molar-refractivity contribution in [2.24, 2.45) is 22.7 Å². The minimum Gasteiger partial charge on any atom is -0.463 e. The summed E-state index contributed by atoms with van der Waals surface area (Å²) in [6, 6.07) is -3.44.